The number of hydrogen-bond acceptors (Lipinski definition) is 8. The molecular formula is C29H24F4N2O5S3. The molecule has 1 fully saturated rings. The number of nitrogens with zero attached hydrogens (tertiary/aromatic N) is 1. The highest BCUT2D eigenvalue weighted by Gasteiger charge is 2.36. The highest BCUT2D eigenvalue weighted by Crippen LogP contribution is 2.37. The van der Waals surface area contributed by atoms with Crippen LogP contribution in [0.2, 0.25) is 0 Å². The molecule has 0 radical (unpaired) electrons. The quantitative estimate of drug-likeness (QED) is 0.127. The molecule has 2 N–H and O–H groups in total. The molecule has 2 aromatic carbocycles. The molecule has 2 heterocycles. The molecule has 1 aliphatic heterocycles. The number of hydrogen-bond donors (Lipinski definition) is 2. The van der Waals surface area contributed by atoms with Crippen LogP contribution in [-0.4, -0.2) is 50.4 Å². The smallest absolute Gasteiger partial charge is 0.419 e. The molecule has 7 nitrogen and oxygen atoms in total. The van der Waals surface area contributed by atoms with Gasteiger partial charge in [-0.05, 0) is 85.8 Å². The Balaban J connectivity index is 1.39. The van der Waals surface area contributed by atoms with Gasteiger partial charge in [0.15, 0.2) is 6.10 Å². The first kappa shape index (κ1) is 32.3. The highest BCUT2D eigenvalue weighted by molar-refractivity contribution is 8.26. The number of β-amino-alcohol motifs (C(OH)–C–C–N with tert-alkyl or cyclic N) is 1. The number of nitrogens with one attached hydrogen (secondary N) is 1. The van der Waals surface area contributed by atoms with Crippen molar-refractivity contribution in [2.75, 3.05) is 11.9 Å². The van der Waals surface area contributed by atoms with Gasteiger partial charge in [-0.1, -0.05) is 30.0 Å². The van der Waals surface area contributed by atoms with Crippen molar-refractivity contribution < 1.29 is 41.8 Å². The van der Waals surface area contributed by atoms with Crippen molar-refractivity contribution in [1.82, 2.24) is 4.90 Å². The molecule has 43 heavy (non-hydrogen) atoms. The molecule has 0 saturated carbocycles. The van der Waals surface area contributed by atoms with Crippen molar-refractivity contribution in [3.05, 3.63) is 80.6 Å². The van der Waals surface area contributed by atoms with Gasteiger partial charge < -0.3 is 15.2 Å². The number of benzene rings is 2. The minimum atomic E-state index is -4.85. The lowest BCUT2D eigenvalue weighted by Crippen LogP contribution is -2.41. The normalized spacial score (nSPS) is 15.6. The van der Waals surface area contributed by atoms with Crippen LogP contribution in [0.15, 0.2) is 58.8 Å². The second kappa shape index (κ2) is 12.6. The van der Waals surface area contributed by atoms with Gasteiger partial charge in [0.25, 0.3) is 11.8 Å². The standard InChI is InChI=1S/C29H24F4N2O5S3/c1-28(2,3)40-26(39)15-4-7-18(8-5-15)34-24(37)22(36)13-35-25(38)23(43-27(35)41)12-19-10-17(14-42-19)16-6-9-21(30)20(11-16)29(31,32)33/h4-12,14,22,36H,13H2,1-3H3,(H,34,37). The van der Waals surface area contributed by atoms with Crippen molar-refractivity contribution >= 4 is 69.2 Å². The van der Waals surface area contributed by atoms with E-state index < -0.39 is 53.6 Å². The summed E-state index contributed by atoms with van der Waals surface area (Å²) in [4.78, 5) is 39.6. The number of thiocarbonyl (C=S) groups is 1. The summed E-state index contributed by atoms with van der Waals surface area (Å²) in [6.07, 6.45) is -4.98. The third-order valence-electron chi connectivity index (χ3n) is 5.82. The summed E-state index contributed by atoms with van der Waals surface area (Å²) >= 11 is 7.37. The van der Waals surface area contributed by atoms with Crippen LogP contribution in [0.4, 0.5) is 23.2 Å². The second-order valence-electron chi connectivity index (χ2n) is 10.3. The predicted octanol–water partition coefficient (Wildman–Crippen LogP) is 6.73. The monoisotopic (exact) mass is 652 g/mol. The number of esters is 1. The molecule has 0 spiro atoms. The summed E-state index contributed by atoms with van der Waals surface area (Å²) in [5.41, 5.74) is -0.901. The Bertz CT molecular complexity index is 1610. The molecule has 3 aromatic rings. The first-order valence-corrected chi connectivity index (χ1v) is 14.7. The average Bonchev–Trinajstić information content (AvgIpc) is 3.47. The van der Waals surface area contributed by atoms with Crippen LogP contribution in [0.1, 0.15) is 41.6 Å². The number of aliphatic hydroxyl groups excluding tert-OH is 1. The Morgan fingerprint density at radius 1 is 1.09 bits per heavy atom. The Hall–Kier alpha value is -3.59. The minimum absolute atomic E-state index is 0.106. The van der Waals surface area contributed by atoms with Crippen molar-refractivity contribution in [1.29, 1.82) is 0 Å². The van der Waals surface area contributed by atoms with E-state index in [0.29, 0.717) is 16.1 Å². The second-order valence-corrected chi connectivity index (χ2v) is 12.9. The molecule has 1 saturated heterocycles. The van der Waals surface area contributed by atoms with Crippen molar-refractivity contribution in [3.63, 3.8) is 0 Å². The minimum Gasteiger partial charge on any atom is -0.456 e. The van der Waals surface area contributed by atoms with E-state index in [1.54, 1.807) is 32.2 Å². The number of amides is 2. The number of aliphatic hydroxyl groups is 1. The number of ether oxygens (including phenoxy) is 1. The van der Waals surface area contributed by atoms with Crippen LogP contribution in [0.3, 0.4) is 0 Å². The summed E-state index contributed by atoms with van der Waals surface area (Å²) in [6, 6.07) is 10.1. The molecule has 1 unspecified atom stereocenters. The summed E-state index contributed by atoms with van der Waals surface area (Å²) in [7, 11) is 0. The van der Waals surface area contributed by atoms with E-state index in [9.17, 15) is 37.1 Å². The fourth-order valence-corrected chi connectivity index (χ4v) is 5.99. The van der Waals surface area contributed by atoms with E-state index >= 15 is 0 Å². The molecule has 0 aliphatic carbocycles. The summed E-state index contributed by atoms with van der Waals surface area (Å²) < 4.78 is 58.4. The van der Waals surface area contributed by atoms with Crippen LogP contribution in [-0.2, 0) is 20.5 Å². The highest BCUT2D eigenvalue weighted by atomic mass is 32.2. The molecule has 226 valence electrons. The van der Waals surface area contributed by atoms with E-state index in [1.165, 1.54) is 36.4 Å². The van der Waals surface area contributed by atoms with Gasteiger partial charge in [0.1, 0.15) is 15.7 Å². The number of carbonyl (C=O) groups is 3. The molecule has 1 atom stereocenters. The maximum atomic E-state index is 13.7. The van der Waals surface area contributed by atoms with Crippen LogP contribution in [0.25, 0.3) is 17.2 Å². The third kappa shape index (κ3) is 8.07. The number of alkyl halides is 3. The maximum absolute atomic E-state index is 13.7. The molecule has 0 bridgehead atoms. The lowest BCUT2D eigenvalue weighted by Gasteiger charge is -2.20. The third-order valence-corrected chi connectivity index (χ3v) is 8.07. The largest absolute Gasteiger partial charge is 0.456 e. The first-order chi connectivity index (χ1) is 20.0. The van der Waals surface area contributed by atoms with Crippen LogP contribution < -0.4 is 5.32 Å². The zero-order valence-electron chi connectivity index (χ0n) is 22.8. The van der Waals surface area contributed by atoms with Gasteiger partial charge in [-0.25, -0.2) is 9.18 Å². The van der Waals surface area contributed by atoms with Gasteiger partial charge in [-0.2, -0.15) is 13.2 Å². The summed E-state index contributed by atoms with van der Waals surface area (Å²) in [5, 5.41) is 14.6. The molecule has 1 aromatic heterocycles. The van der Waals surface area contributed by atoms with Crippen LogP contribution in [0, 0.1) is 5.82 Å². The Morgan fingerprint density at radius 2 is 1.77 bits per heavy atom. The Morgan fingerprint density at radius 3 is 2.40 bits per heavy atom. The number of anilines is 1. The molecule has 1 aliphatic rings. The summed E-state index contributed by atoms with van der Waals surface area (Å²) in [5.74, 6) is -3.26. The molecular weight excluding hydrogens is 629 g/mol. The van der Waals surface area contributed by atoms with Gasteiger partial charge in [0.05, 0.1) is 22.6 Å². The molecule has 4 rings (SSSR count). The average molecular weight is 653 g/mol. The van der Waals surface area contributed by atoms with Gasteiger partial charge in [0.2, 0.25) is 0 Å². The molecule has 2 amide bonds. The Kier molecular flexibility index (Phi) is 9.45. The first-order valence-electron chi connectivity index (χ1n) is 12.6. The zero-order valence-corrected chi connectivity index (χ0v) is 25.3. The Labute approximate surface area is 257 Å². The van der Waals surface area contributed by atoms with Crippen molar-refractivity contribution in [3.8, 4) is 11.1 Å². The zero-order chi connectivity index (χ0) is 31.7. The SMILES string of the molecule is CC(C)(C)OC(=O)c1ccc(NC(=O)C(O)CN2C(=O)C(=Cc3cc(-c4ccc(F)c(C(F)(F)F)c4)cs3)SC2=S)cc1. The number of carbonyl (C=O) groups excluding carboxylic acids is 3. The fraction of sp³-hybridized carbons (Fsp3) is 0.241. The van der Waals surface area contributed by atoms with Gasteiger partial charge in [0, 0.05) is 10.6 Å². The maximum Gasteiger partial charge on any atom is 0.419 e. The van der Waals surface area contributed by atoms with E-state index in [2.05, 4.69) is 5.32 Å². The van der Waals surface area contributed by atoms with Gasteiger partial charge >= 0.3 is 12.1 Å². The topological polar surface area (TPSA) is 95.9 Å². The summed E-state index contributed by atoms with van der Waals surface area (Å²) in [6.45, 7) is 4.79. The number of rotatable bonds is 7. The van der Waals surface area contributed by atoms with E-state index in [1.807, 2.05) is 0 Å². The lowest BCUT2D eigenvalue weighted by atomic mass is 10.0. The van der Waals surface area contributed by atoms with E-state index in [-0.39, 0.29) is 20.4 Å². The van der Waals surface area contributed by atoms with Gasteiger partial charge in [-0.3, -0.25) is 14.5 Å². The fourth-order valence-electron chi connectivity index (χ4n) is 3.80. The predicted molar refractivity (Wildman–Crippen MR) is 161 cm³/mol. The number of thioether (sulfide) groups is 1. The van der Waals surface area contributed by atoms with Crippen molar-refractivity contribution in [2.45, 2.75) is 38.7 Å². The number of thiophene rings is 1. The van der Waals surface area contributed by atoms with Crippen LogP contribution in [0.5, 0.6) is 0 Å². The van der Waals surface area contributed by atoms with E-state index in [0.717, 1.165) is 40.1 Å². The van der Waals surface area contributed by atoms with Crippen molar-refractivity contribution in [2.24, 2.45) is 0 Å². The van der Waals surface area contributed by atoms with Gasteiger partial charge in [-0.15, -0.1) is 11.3 Å². The lowest BCUT2D eigenvalue weighted by molar-refractivity contribution is -0.140. The number of halogens is 4. The van der Waals surface area contributed by atoms with E-state index in [4.69, 9.17) is 17.0 Å². The van der Waals surface area contributed by atoms with Crippen LogP contribution >= 0.6 is 35.3 Å². The molecule has 14 heteroatoms.